The first-order valence-corrected chi connectivity index (χ1v) is 9.41. The number of urea groups is 1. The molecule has 0 unspecified atom stereocenters. The van der Waals surface area contributed by atoms with Crippen LogP contribution in [-0.4, -0.2) is 71.0 Å². The van der Waals surface area contributed by atoms with Crippen molar-refractivity contribution in [2.45, 2.75) is 19.4 Å². The van der Waals surface area contributed by atoms with Crippen molar-refractivity contribution in [2.24, 2.45) is 5.92 Å². The highest BCUT2D eigenvalue weighted by Crippen LogP contribution is 2.23. The number of hydrogen-bond donors (Lipinski definition) is 0. The number of thiophene rings is 1. The summed E-state index contributed by atoms with van der Waals surface area (Å²) in [5.41, 5.74) is 0. The van der Waals surface area contributed by atoms with Gasteiger partial charge in [0.25, 0.3) is 0 Å². The van der Waals surface area contributed by atoms with Gasteiger partial charge < -0.3 is 19.2 Å². The van der Waals surface area contributed by atoms with E-state index in [0.717, 1.165) is 4.88 Å². The number of piperidine rings is 1. The maximum Gasteiger partial charge on any atom is 0.319 e. The van der Waals surface area contributed by atoms with E-state index in [4.69, 9.17) is 4.52 Å². The predicted molar refractivity (Wildman–Crippen MR) is 97.5 cm³/mol. The van der Waals surface area contributed by atoms with Gasteiger partial charge in [0.2, 0.25) is 17.6 Å². The Bertz CT molecular complexity index is 750. The molecule has 0 spiro atoms. The monoisotopic (exact) mass is 377 g/mol. The van der Waals surface area contributed by atoms with E-state index in [-0.39, 0.29) is 24.4 Å². The molecule has 0 N–H and O–H groups in total. The Morgan fingerprint density at radius 1 is 1.31 bits per heavy atom. The number of carbonyl (C=O) groups is 2. The summed E-state index contributed by atoms with van der Waals surface area (Å²) in [5, 5.41) is 5.92. The molecule has 1 aliphatic rings. The molecular weight excluding hydrogens is 354 g/mol. The molecule has 0 radical (unpaired) electrons. The van der Waals surface area contributed by atoms with Crippen molar-refractivity contribution in [3.05, 3.63) is 23.4 Å². The molecule has 1 saturated heterocycles. The third-order valence-electron chi connectivity index (χ3n) is 4.46. The van der Waals surface area contributed by atoms with E-state index in [0.29, 0.717) is 37.6 Å². The first-order chi connectivity index (χ1) is 12.5. The lowest BCUT2D eigenvalue weighted by Gasteiger charge is -2.34. The lowest BCUT2D eigenvalue weighted by molar-refractivity contribution is -0.136. The van der Waals surface area contributed by atoms with E-state index in [1.165, 1.54) is 0 Å². The molecule has 0 aliphatic carbocycles. The number of likely N-dealkylation sites (tertiary alicyclic amines) is 1. The van der Waals surface area contributed by atoms with E-state index < -0.39 is 0 Å². The second-order valence-corrected chi connectivity index (χ2v) is 7.57. The van der Waals surface area contributed by atoms with E-state index in [1.807, 2.05) is 17.5 Å². The largest absolute Gasteiger partial charge is 0.337 e. The van der Waals surface area contributed by atoms with Gasteiger partial charge in [0.1, 0.15) is 0 Å². The van der Waals surface area contributed by atoms with Crippen LogP contribution in [-0.2, 0) is 11.3 Å². The predicted octanol–water partition coefficient (Wildman–Crippen LogP) is 2.15. The Morgan fingerprint density at radius 3 is 2.65 bits per heavy atom. The molecule has 3 rings (SSSR count). The average Bonchev–Trinajstić information content (AvgIpc) is 3.32. The first-order valence-electron chi connectivity index (χ1n) is 8.53. The van der Waals surface area contributed by atoms with Crippen LogP contribution in [0, 0.1) is 5.92 Å². The summed E-state index contributed by atoms with van der Waals surface area (Å²) in [7, 11) is 5.22. The molecule has 1 fully saturated rings. The maximum atomic E-state index is 12.7. The molecule has 26 heavy (non-hydrogen) atoms. The summed E-state index contributed by atoms with van der Waals surface area (Å²) in [6.07, 6.45) is 1.35. The topological polar surface area (TPSA) is 82.8 Å². The third kappa shape index (κ3) is 4.04. The molecule has 0 aromatic carbocycles. The van der Waals surface area contributed by atoms with Crippen LogP contribution in [0.15, 0.2) is 22.0 Å². The number of amides is 3. The Kier molecular flexibility index (Phi) is 5.55. The van der Waals surface area contributed by atoms with Crippen LogP contribution < -0.4 is 0 Å². The summed E-state index contributed by atoms with van der Waals surface area (Å²) in [5.74, 6) is 0.944. The van der Waals surface area contributed by atoms with Crippen molar-refractivity contribution < 1.29 is 14.1 Å². The van der Waals surface area contributed by atoms with Crippen molar-refractivity contribution in [3.63, 3.8) is 0 Å². The number of carbonyl (C=O) groups excluding carboxylic acids is 2. The van der Waals surface area contributed by atoms with Crippen LogP contribution in [0.3, 0.4) is 0 Å². The Morgan fingerprint density at radius 2 is 2.04 bits per heavy atom. The number of rotatable bonds is 4. The SMILES string of the molecule is CN(C)C(=O)N1CCC(C(=O)N(C)Cc2nc(-c3cccs3)no2)CC1. The molecule has 1 aliphatic heterocycles. The smallest absolute Gasteiger partial charge is 0.319 e. The maximum absolute atomic E-state index is 12.7. The summed E-state index contributed by atoms with van der Waals surface area (Å²) in [6, 6.07) is 3.85. The highest BCUT2D eigenvalue weighted by atomic mass is 32.1. The van der Waals surface area contributed by atoms with Crippen LogP contribution in [0.25, 0.3) is 10.7 Å². The van der Waals surface area contributed by atoms with Crippen molar-refractivity contribution in [2.75, 3.05) is 34.2 Å². The molecule has 0 saturated carbocycles. The van der Waals surface area contributed by atoms with Gasteiger partial charge in [-0.3, -0.25) is 4.79 Å². The third-order valence-corrected chi connectivity index (χ3v) is 5.32. The Balaban J connectivity index is 1.53. The first kappa shape index (κ1) is 18.4. The molecule has 0 atom stereocenters. The zero-order valence-corrected chi connectivity index (χ0v) is 16.0. The number of hydrogen-bond acceptors (Lipinski definition) is 6. The fourth-order valence-electron chi connectivity index (χ4n) is 3.02. The fraction of sp³-hybridized carbons (Fsp3) is 0.529. The molecule has 140 valence electrons. The van der Waals surface area contributed by atoms with Gasteiger partial charge in [0.15, 0.2) is 0 Å². The molecule has 8 nitrogen and oxygen atoms in total. The van der Waals surface area contributed by atoms with Crippen molar-refractivity contribution in [1.82, 2.24) is 24.8 Å². The van der Waals surface area contributed by atoms with E-state index in [9.17, 15) is 9.59 Å². The summed E-state index contributed by atoms with van der Waals surface area (Å²) in [6.45, 7) is 1.49. The van der Waals surface area contributed by atoms with Gasteiger partial charge >= 0.3 is 6.03 Å². The minimum atomic E-state index is -0.0779. The lowest BCUT2D eigenvalue weighted by Crippen LogP contribution is -2.46. The summed E-state index contributed by atoms with van der Waals surface area (Å²) < 4.78 is 5.26. The van der Waals surface area contributed by atoms with Crippen LogP contribution in [0.4, 0.5) is 4.79 Å². The van der Waals surface area contributed by atoms with Crippen LogP contribution >= 0.6 is 11.3 Å². The average molecular weight is 377 g/mol. The van der Waals surface area contributed by atoms with E-state index in [1.54, 1.807) is 47.2 Å². The van der Waals surface area contributed by atoms with Gasteiger partial charge in [0, 0.05) is 40.2 Å². The molecule has 3 heterocycles. The Labute approximate surface area is 156 Å². The van der Waals surface area contributed by atoms with Crippen molar-refractivity contribution in [3.8, 4) is 10.7 Å². The fourth-order valence-corrected chi connectivity index (χ4v) is 3.67. The van der Waals surface area contributed by atoms with Gasteiger partial charge in [-0.25, -0.2) is 4.79 Å². The summed E-state index contributed by atoms with van der Waals surface area (Å²) >= 11 is 1.54. The highest BCUT2D eigenvalue weighted by Gasteiger charge is 2.30. The van der Waals surface area contributed by atoms with Crippen molar-refractivity contribution >= 4 is 23.3 Å². The summed E-state index contributed by atoms with van der Waals surface area (Å²) in [4.78, 5) is 34.9. The van der Waals surface area contributed by atoms with Gasteiger partial charge in [-0.1, -0.05) is 11.2 Å². The highest BCUT2D eigenvalue weighted by molar-refractivity contribution is 7.13. The van der Waals surface area contributed by atoms with E-state index >= 15 is 0 Å². The molecule has 2 aromatic rings. The van der Waals surface area contributed by atoms with Crippen LogP contribution in [0.2, 0.25) is 0 Å². The second-order valence-electron chi connectivity index (χ2n) is 6.62. The number of aromatic nitrogens is 2. The van der Waals surface area contributed by atoms with Gasteiger partial charge in [-0.2, -0.15) is 4.98 Å². The quantitative estimate of drug-likeness (QED) is 0.815. The van der Waals surface area contributed by atoms with Gasteiger partial charge in [-0.05, 0) is 24.3 Å². The minimum absolute atomic E-state index is 0.00350. The Hall–Kier alpha value is -2.42. The standard InChI is InChI=1S/C17H23N5O3S/c1-20(2)17(24)22-8-6-12(7-9-22)16(23)21(3)11-14-18-15(19-25-14)13-5-4-10-26-13/h4-5,10,12H,6-9,11H2,1-3H3. The van der Waals surface area contributed by atoms with Gasteiger partial charge in [-0.15, -0.1) is 11.3 Å². The molecule has 3 amide bonds. The number of nitrogens with zero attached hydrogens (tertiary/aromatic N) is 5. The molecule has 2 aromatic heterocycles. The molecule has 0 bridgehead atoms. The zero-order valence-electron chi connectivity index (χ0n) is 15.2. The molecule has 9 heteroatoms. The molecular formula is C17H23N5O3S. The van der Waals surface area contributed by atoms with Gasteiger partial charge in [0.05, 0.1) is 11.4 Å². The van der Waals surface area contributed by atoms with Crippen LogP contribution in [0.5, 0.6) is 0 Å². The minimum Gasteiger partial charge on any atom is -0.337 e. The lowest BCUT2D eigenvalue weighted by atomic mass is 9.95. The van der Waals surface area contributed by atoms with Crippen LogP contribution in [0.1, 0.15) is 18.7 Å². The second kappa shape index (κ2) is 7.86. The van der Waals surface area contributed by atoms with E-state index in [2.05, 4.69) is 10.1 Å². The zero-order chi connectivity index (χ0) is 18.7. The van der Waals surface area contributed by atoms with Crippen molar-refractivity contribution in [1.29, 1.82) is 0 Å². The normalized spacial score (nSPS) is 15.1.